The molecule has 0 aromatic carbocycles. The van der Waals surface area contributed by atoms with Crippen LogP contribution in [0.15, 0.2) is 10.7 Å². The molecule has 2 N–H and O–H groups in total. The molecule has 6 nitrogen and oxygen atoms in total. The Morgan fingerprint density at radius 3 is 2.50 bits per heavy atom. The number of aryl methyl sites for hydroxylation is 1. The summed E-state index contributed by atoms with van der Waals surface area (Å²) in [6.45, 7) is 15.2. The van der Waals surface area contributed by atoms with Crippen molar-refractivity contribution in [3.63, 3.8) is 0 Å². The van der Waals surface area contributed by atoms with Crippen molar-refractivity contribution in [3.8, 4) is 0 Å². The third-order valence-corrected chi connectivity index (χ3v) is 4.28. The molecule has 0 spiro atoms. The Balaban J connectivity index is 2.32. The monoisotopic (exact) mass is 332 g/mol. The van der Waals surface area contributed by atoms with Gasteiger partial charge in [-0.05, 0) is 58.0 Å². The summed E-state index contributed by atoms with van der Waals surface area (Å²) in [7, 11) is 0. The van der Waals surface area contributed by atoms with Crippen LogP contribution in [0.1, 0.15) is 50.2 Å². The van der Waals surface area contributed by atoms with E-state index >= 15 is 0 Å². The van der Waals surface area contributed by atoms with Crippen molar-refractivity contribution < 1.29 is 9.53 Å². The minimum absolute atomic E-state index is 0.0375. The largest absolute Gasteiger partial charge is 0.473 e. The van der Waals surface area contributed by atoms with E-state index in [0.717, 1.165) is 36.6 Å². The number of amides is 1. The Hall–Kier alpha value is -2.08. The van der Waals surface area contributed by atoms with Gasteiger partial charge in [0, 0.05) is 17.9 Å². The molecule has 0 aliphatic carbocycles. The number of hydrogen-bond donors (Lipinski definition) is 2. The number of ether oxygens (including phenoxy) is 1. The maximum atomic E-state index is 12.0. The van der Waals surface area contributed by atoms with E-state index in [4.69, 9.17) is 4.74 Å². The van der Waals surface area contributed by atoms with E-state index in [9.17, 15) is 4.79 Å². The van der Waals surface area contributed by atoms with Crippen molar-refractivity contribution in [3.05, 3.63) is 28.1 Å². The van der Waals surface area contributed by atoms with Crippen LogP contribution in [0.4, 0.5) is 0 Å². The predicted octanol–water partition coefficient (Wildman–Crippen LogP) is 2.73. The smallest absolute Gasteiger partial charge is 0.277 e. The minimum atomic E-state index is -0.234. The van der Waals surface area contributed by atoms with Gasteiger partial charge >= 0.3 is 0 Å². The van der Waals surface area contributed by atoms with E-state index in [2.05, 4.69) is 48.1 Å². The molecule has 0 bridgehead atoms. The molecule has 0 unspecified atom stereocenters. The van der Waals surface area contributed by atoms with E-state index < -0.39 is 0 Å². The van der Waals surface area contributed by atoms with Gasteiger partial charge in [-0.1, -0.05) is 13.8 Å². The van der Waals surface area contributed by atoms with Crippen LogP contribution in [0.2, 0.25) is 0 Å². The molecule has 1 aliphatic heterocycles. The highest BCUT2D eigenvalue weighted by Crippen LogP contribution is 2.23. The molecule has 24 heavy (non-hydrogen) atoms. The molecule has 1 aromatic rings. The minimum Gasteiger partial charge on any atom is -0.473 e. The highest BCUT2D eigenvalue weighted by atomic mass is 16.5. The second-order valence-corrected chi connectivity index (χ2v) is 6.31. The van der Waals surface area contributed by atoms with Crippen molar-refractivity contribution in [1.29, 1.82) is 0 Å². The highest BCUT2D eigenvalue weighted by Gasteiger charge is 2.26. The van der Waals surface area contributed by atoms with Crippen LogP contribution in [0.5, 0.6) is 0 Å². The second-order valence-electron chi connectivity index (χ2n) is 6.31. The summed E-state index contributed by atoms with van der Waals surface area (Å²) in [6.07, 6.45) is 1.79. The van der Waals surface area contributed by atoms with E-state index in [-0.39, 0.29) is 12.0 Å². The topological polar surface area (TPSA) is 69.7 Å². The van der Waals surface area contributed by atoms with Crippen LogP contribution in [-0.4, -0.2) is 40.9 Å². The molecule has 2 rings (SSSR count). The summed E-state index contributed by atoms with van der Waals surface area (Å²) in [6, 6.07) is 0. The van der Waals surface area contributed by atoms with Gasteiger partial charge in [0.2, 0.25) is 5.90 Å². The van der Waals surface area contributed by atoms with Crippen LogP contribution < -0.4 is 5.43 Å². The fraction of sp³-hybridized carbons (Fsp3) is 0.556. The Morgan fingerprint density at radius 1 is 1.25 bits per heavy atom. The van der Waals surface area contributed by atoms with E-state index in [0.29, 0.717) is 11.5 Å². The lowest BCUT2D eigenvalue weighted by atomic mass is 10.1. The molecule has 0 saturated heterocycles. The molecule has 0 atom stereocenters. The maximum absolute atomic E-state index is 12.0. The second kappa shape index (κ2) is 7.66. The molecule has 1 aliphatic rings. The fourth-order valence-corrected chi connectivity index (χ4v) is 2.77. The van der Waals surface area contributed by atoms with Gasteiger partial charge in [0.1, 0.15) is 5.57 Å². The van der Waals surface area contributed by atoms with Gasteiger partial charge in [-0.15, -0.1) is 5.10 Å². The first-order valence-electron chi connectivity index (χ1n) is 8.54. The summed E-state index contributed by atoms with van der Waals surface area (Å²) < 4.78 is 5.62. The fourth-order valence-electron chi connectivity index (χ4n) is 2.77. The molecular weight excluding hydrogens is 304 g/mol. The molecule has 1 amide bonds. The number of hydrazone groups is 1. The third kappa shape index (κ3) is 3.87. The van der Waals surface area contributed by atoms with Crippen molar-refractivity contribution in [2.45, 2.75) is 54.2 Å². The van der Waals surface area contributed by atoms with Gasteiger partial charge in [-0.2, -0.15) is 0 Å². The highest BCUT2D eigenvalue weighted by molar-refractivity contribution is 6.24. The summed E-state index contributed by atoms with van der Waals surface area (Å²) in [5.41, 5.74) is 7.44. The molecule has 0 fully saturated rings. The quantitative estimate of drug-likeness (QED) is 0.787. The first kappa shape index (κ1) is 18.3. The van der Waals surface area contributed by atoms with E-state index in [1.165, 1.54) is 5.56 Å². The number of aromatic nitrogens is 1. The number of carbonyl (C=O) groups excluding carboxylic acids is 1. The van der Waals surface area contributed by atoms with Crippen LogP contribution in [0.25, 0.3) is 6.08 Å². The molecular formula is C18H28N4O2. The number of nitrogens with zero attached hydrogens (tertiary/aromatic N) is 2. The average Bonchev–Trinajstić information content (AvgIpc) is 2.99. The van der Waals surface area contributed by atoms with E-state index in [1.54, 1.807) is 0 Å². The first-order chi connectivity index (χ1) is 11.4. The molecule has 1 aromatic heterocycles. The van der Waals surface area contributed by atoms with Crippen molar-refractivity contribution in [2.75, 3.05) is 13.1 Å². The van der Waals surface area contributed by atoms with Crippen LogP contribution >= 0.6 is 0 Å². The maximum Gasteiger partial charge on any atom is 0.277 e. The Morgan fingerprint density at radius 2 is 1.92 bits per heavy atom. The summed E-state index contributed by atoms with van der Waals surface area (Å²) >= 11 is 0. The molecule has 0 saturated carbocycles. The van der Waals surface area contributed by atoms with Gasteiger partial charge in [-0.3, -0.25) is 9.69 Å². The van der Waals surface area contributed by atoms with Crippen LogP contribution in [0.3, 0.4) is 0 Å². The van der Waals surface area contributed by atoms with Crippen LogP contribution in [-0.2, 0) is 16.1 Å². The number of aromatic amines is 1. The van der Waals surface area contributed by atoms with Gasteiger partial charge < -0.3 is 9.72 Å². The number of hydrogen-bond acceptors (Lipinski definition) is 4. The summed E-state index contributed by atoms with van der Waals surface area (Å²) in [5.74, 6) is 0.120. The number of rotatable bonds is 6. The lowest BCUT2D eigenvalue weighted by molar-refractivity contribution is -0.116. The van der Waals surface area contributed by atoms with E-state index in [1.807, 2.05) is 19.9 Å². The zero-order valence-electron chi connectivity index (χ0n) is 15.5. The first-order valence-corrected chi connectivity index (χ1v) is 8.54. The predicted molar refractivity (Wildman–Crippen MR) is 96.7 cm³/mol. The number of carbonyl (C=O) groups is 1. The van der Waals surface area contributed by atoms with Gasteiger partial charge in [0.05, 0.1) is 6.10 Å². The Labute approximate surface area is 144 Å². The molecule has 0 radical (unpaired) electrons. The zero-order valence-corrected chi connectivity index (χ0v) is 15.5. The third-order valence-electron chi connectivity index (χ3n) is 4.28. The lowest BCUT2D eigenvalue weighted by Gasteiger charge is -2.18. The van der Waals surface area contributed by atoms with Crippen LogP contribution in [0, 0.1) is 13.8 Å². The zero-order chi connectivity index (χ0) is 17.9. The normalized spacial score (nSPS) is 16.2. The molecule has 132 valence electrons. The Bertz CT molecular complexity index is 667. The summed E-state index contributed by atoms with van der Waals surface area (Å²) in [5, 5.41) is 3.97. The summed E-state index contributed by atoms with van der Waals surface area (Å²) in [4.78, 5) is 17.8. The number of H-pyrrole nitrogens is 1. The lowest BCUT2D eigenvalue weighted by Crippen LogP contribution is -2.22. The van der Waals surface area contributed by atoms with Crippen molar-refractivity contribution >= 4 is 17.9 Å². The van der Waals surface area contributed by atoms with Crippen molar-refractivity contribution in [2.24, 2.45) is 5.10 Å². The average molecular weight is 332 g/mol. The molecule has 2 heterocycles. The van der Waals surface area contributed by atoms with Gasteiger partial charge in [-0.25, -0.2) is 5.43 Å². The van der Waals surface area contributed by atoms with Gasteiger partial charge in [0.15, 0.2) is 0 Å². The Kier molecular flexibility index (Phi) is 5.83. The van der Waals surface area contributed by atoms with Crippen molar-refractivity contribution in [1.82, 2.24) is 15.3 Å². The standard InChI is InChI=1S/C18H28N4O2/c1-7-22(8-2)10-15-12(5)16(19-13(15)6)9-14-17(23)20-21-18(14)24-11(3)4/h9,11,19H,7-8,10H2,1-6H3,(H,20,23)/b14-9-. The molecule has 6 heteroatoms. The van der Waals surface area contributed by atoms with Gasteiger partial charge in [0.25, 0.3) is 5.91 Å². The SMILES string of the molecule is CCN(CC)Cc1c(C)[nH]c(/C=C2/C(=O)NN=C2OC(C)C)c1C. The number of nitrogens with one attached hydrogen (secondary N) is 2.